The summed E-state index contributed by atoms with van der Waals surface area (Å²) in [5, 5.41) is 14.1. The van der Waals surface area contributed by atoms with Crippen molar-refractivity contribution in [2.75, 3.05) is 12.4 Å². The number of rotatable bonds is 4. The van der Waals surface area contributed by atoms with Gasteiger partial charge in [-0.2, -0.15) is 0 Å². The van der Waals surface area contributed by atoms with Crippen molar-refractivity contribution in [1.29, 1.82) is 0 Å². The van der Waals surface area contributed by atoms with E-state index in [-0.39, 0.29) is 10.6 Å². The normalized spacial score (nSPS) is 23.6. The topological polar surface area (TPSA) is 58.4 Å². The molecule has 0 amide bonds. The monoisotopic (exact) mass is 277 g/mol. The van der Waals surface area contributed by atoms with E-state index in [1.54, 1.807) is 19.2 Å². The minimum absolute atomic E-state index is 0.155. The van der Waals surface area contributed by atoms with Gasteiger partial charge in [0.1, 0.15) is 5.69 Å². The van der Waals surface area contributed by atoms with Crippen LogP contribution < -0.4 is 5.32 Å². The highest BCUT2D eigenvalue weighted by molar-refractivity contribution is 5.66. The van der Waals surface area contributed by atoms with Crippen molar-refractivity contribution in [2.24, 2.45) is 0 Å². The van der Waals surface area contributed by atoms with E-state index in [0.29, 0.717) is 17.8 Å². The van der Waals surface area contributed by atoms with Crippen LogP contribution in [0.15, 0.2) is 18.2 Å². The van der Waals surface area contributed by atoms with Gasteiger partial charge in [0, 0.05) is 31.7 Å². The molecule has 1 N–H and O–H groups in total. The van der Waals surface area contributed by atoms with Crippen LogP contribution in [0.2, 0.25) is 0 Å². The summed E-state index contributed by atoms with van der Waals surface area (Å²) in [6.07, 6.45) is 3.68. The minimum Gasteiger partial charge on any atom is -0.382 e. The molecule has 0 aliphatic carbocycles. The third kappa shape index (κ3) is 2.93. The second-order valence-corrected chi connectivity index (χ2v) is 5.62. The van der Waals surface area contributed by atoms with Gasteiger partial charge >= 0.3 is 0 Å². The Hall–Kier alpha value is -1.62. The number of hydrogen-bond acceptors (Lipinski definition) is 4. The highest BCUT2D eigenvalue weighted by atomic mass is 16.6. The maximum atomic E-state index is 11.1. The Balaban J connectivity index is 2.28. The third-order valence-electron chi connectivity index (χ3n) is 4.30. The molecule has 110 valence electrons. The Kier molecular flexibility index (Phi) is 4.60. The van der Waals surface area contributed by atoms with Gasteiger partial charge in [-0.05, 0) is 32.3 Å². The first-order chi connectivity index (χ1) is 9.54. The summed E-state index contributed by atoms with van der Waals surface area (Å²) < 4.78 is 0. The van der Waals surface area contributed by atoms with Crippen LogP contribution in [0, 0.1) is 10.1 Å². The number of nitrogens with zero attached hydrogens (tertiary/aromatic N) is 2. The molecule has 1 aromatic carbocycles. The van der Waals surface area contributed by atoms with Crippen molar-refractivity contribution in [3.05, 3.63) is 33.9 Å². The van der Waals surface area contributed by atoms with Gasteiger partial charge in [0.2, 0.25) is 0 Å². The van der Waals surface area contributed by atoms with Crippen molar-refractivity contribution in [3.8, 4) is 0 Å². The fourth-order valence-corrected chi connectivity index (χ4v) is 3.14. The number of hydrogen-bond donors (Lipinski definition) is 1. The average molecular weight is 277 g/mol. The summed E-state index contributed by atoms with van der Waals surface area (Å²) in [5.74, 6) is 0. The van der Waals surface area contributed by atoms with Gasteiger partial charge in [0.15, 0.2) is 0 Å². The molecule has 20 heavy (non-hydrogen) atoms. The van der Waals surface area contributed by atoms with Gasteiger partial charge in [0.25, 0.3) is 5.69 Å². The molecule has 5 nitrogen and oxygen atoms in total. The van der Waals surface area contributed by atoms with Crippen LogP contribution in [0.3, 0.4) is 0 Å². The van der Waals surface area contributed by atoms with E-state index in [1.165, 1.54) is 19.3 Å². The lowest BCUT2D eigenvalue weighted by Gasteiger charge is -2.39. The molecule has 2 atom stereocenters. The number of piperidine rings is 1. The Morgan fingerprint density at radius 1 is 1.35 bits per heavy atom. The quantitative estimate of drug-likeness (QED) is 0.677. The third-order valence-corrected chi connectivity index (χ3v) is 4.30. The van der Waals surface area contributed by atoms with E-state index < -0.39 is 0 Å². The molecular weight excluding hydrogens is 254 g/mol. The molecular formula is C15H23N3O2. The highest BCUT2D eigenvalue weighted by Crippen LogP contribution is 2.31. The number of benzene rings is 1. The Labute approximate surface area is 120 Å². The first-order valence-corrected chi connectivity index (χ1v) is 7.24. The summed E-state index contributed by atoms with van der Waals surface area (Å²) in [4.78, 5) is 13.2. The second kappa shape index (κ2) is 6.22. The largest absolute Gasteiger partial charge is 0.382 e. The highest BCUT2D eigenvalue weighted by Gasteiger charge is 2.26. The molecule has 2 rings (SSSR count). The zero-order valence-electron chi connectivity index (χ0n) is 12.4. The lowest BCUT2D eigenvalue weighted by Crippen LogP contribution is -2.43. The van der Waals surface area contributed by atoms with E-state index in [2.05, 4.69) is 24.1 Å². The van der Waals surface area contributed by atoms with Gasteiger partial charge in [-0.15, -0.1) is 0 Å². The van der Waals surface area contributed by atoms with Gasteiger partial charge in [-0.25, -0.2) is 0 Å². The smallest absolute Gasteiger partial charge is 0.292 e. The van der Waals surface area contributed by atoms with Crippen molar-refractivity contribution in [3.63, 3.8) is 0 Å². The van der Waals surface area contributed by atoms with E-state index >= 15 is 0 Å². The average Bonchev–Trinajstić information content (AvgIpc) is 2.42. The van der Waals surface area contributed by atoms with E-state index in [0.717, 1.165) is 12.1 Å². The predicted molar refractivity (Wildman–Crippen MR) is 81.0 cm³/mol. The van der Waals surface area contributed by atoms with Gasteiger partial charge in [-0.3, -0.25) is 15.0 Å². The minimum atomic E-state index is -0.321. The van der Waals surface area contributed by atoms with Crippen molar-refractivity contribution < 1.29 is 4.92 Å². The molecule has 0 spiro atoms. The Morgan fingerprint density at radius 2 is 2.00 bits per heavy atom. The van der Waals surface area contributed by atoms with E-state index in [4.69, 9.17) is 0 Å². The van der Waals surface area contributed by atoms with Gasteiger partial charge in [0.05, 0.1) is 4.92 Å². The lowest BCUT2D eigenvalue weighted by molar-refractivity contribution is -0.384. The molecule has 1 aromatic rings. The van der Waals surface area contributed by atoms with Crippen molar-refractivity contribution >= 4 is 11.4 Å². The number of para-hydroxylation sites is 1. The molecule has 0 aromatic heterocycles. The van der Waals surface area contributed by atoms with Crippen LogP contribution in [0.5, 0.6) is 0 Å². The molecule has 0 bridgehead atoms. The SMILES string of the molecule is CNc1c(CN2C(C)CCCC2C)cccc1[N+](=O)[O-]. The number of anilines is 1. The fraction of sp³-hybridized carbons (Fsp3) is 0.600. The summed E-state index contributed by atoms with van der Waals surface area (Å²) in [5.41, 5.74) is 1.80. The summed E-state index contributed by atoms with van der Waals surface area (Å²) in [6, 6.07) is 6.37. The van der Waals surface area contributed by atoms with Gasteiger partial charge in [-0.1, -0.05) is 18.6 Å². The number of likely N-dealkylation sites (tertiary alicyclic amines) is 1. The first kappa shape index (κ1) is 14.8. The summed E-state index contributed by atoms with van der Waals surface area (Å²) in [7, 11) is 1.74. The second-order valence-electron chi connectivity index (χ2n) is 5.62. The zero-order valence-corrected chi connectivity index (χ0v) is 12.4. The fourth-order valence-electron chi connectivity index (χ4n) is 3.14. The first-order valence-electron chi connectivity index (χ1n) is 7.24. The van der Waals surface area contributed by atoms with Crippen molar-refractivity contribution in [2.45, 2.75) is 51.7 Å². The number of nitrogens with one attached hydrogen (secondary N) is 1. The number of nitro benzene ring substituents is 1. The number of nitro groups is 1. The molecule has 2 unspecified atom stereocenters. The summed E-state index contributed by atoms with van der Waals surface area (Å²) >= 11 is 0. The maximum absolute atomic E-state index is 11.1. The van der Waals surface area contributed by atoms with E-state index in [9.17, 15) is 10.1 Å². The summed E-state index contributed by atoms with van der Waals surface area (Å²) in [6.45, 7) is 5.25. The molecule has 0 saturated carbocycles. The van der Waals surface area contributed by atoms with Crippen LogP contribution in [0.1, 0.15) is 38.7 Å². The van der Waals surface area contributed by atoms with Crippen LogP contribution in [0.25, 0.3) is 0 Å². The van der Waals surface area contributed by atoms with Gasteiger partial charge < -0.3 is 5.32 Å². The lowest BCUT2D eigenvalue weighted by atomic mass is 9.96. The Bertz CT molecular complexity index is 480. The molecule has 1 aliphatic heterocycles. The van der Waals surface area contributed by atoms with Crippen molar-refractivity contribution in [1.82, 2.24) is 4.90 Å². The Morgan fingerprint density at radius 3 is 2.55 bits per heavy atom. The molecule has 1 saturated heterocycles. The van der Waals surface area contributed by atoms with Crippen LogP contribution >= 0.6 is 0 Å². The maximum Gasteiger partial charge on any atom is 0.292 e. The molecule has 1 heterocycles. The van der Waals surface area contributed by atoms with Crippen LogP contribution in [-0.2, 0) is 6.54 Å². The van der Waals surface area contributed by atoms with Crippen LogP contribution in [0.4, 0.5) is 11.4 Å². The standard InChI is InChI=1S/C15H23N3O2/c1-11-6-4-7-12(2)17(11)10-13-8-5-9-14(18(19)20)15(13)16-3/h5,8-9,11-12,16H,4,6-7,10H2,1-3H3. The zero-order chi connectivity index (χ0) is 14.7. The molecule has 5 heteroatoms. The predicted octanol–water partition coefficient (Wildman–Crippen LogP) is 3.40. The molecule has 1 aliphatic rings. The van der Waals surface area contributed by atoms with Crippen LogP contribution in [-0.4, -0.2) is 29.0 Å². The van der Waals surface area contributed by atoms with E-state index in [1.807, 2.05) is 6.07 Å². The molecule has 1 fully saturated rings. The molecule has 0 radical (unpaired) electrons.